The van der Waals surface area contributed by atoms with Crippen molar-refractivity contribution in [2.75, 3.05) is 0 Å². The van der Waals surface area contributed by atoms with Crippen molar-refractivity contribution in [3.05, 3.63) is 0 Å². The number of alkyl halides is 2. The van der Waals surface area contributed by atoms with E-state index in [4.69, 9.17) is 5.11 Å². The fraction of sp³-hybridized carbons (Fsp3) is 0.900. The number of carboxylic acid groups (broad SMARTS) is 1. The van der Waals surface area contributed by atoms with Gasteiger partial charge in [0.25, 0.3) is 5.92 Å². The van der Waals surface area contributed by atoms with Gasteiger partial charge in [-0.1, -0.05) is 27.7 Å². The minimum absolute atomic E-state index is 0.480. The number of aliphatic carboxylic acids is 1. The molecule has 1 rings (SSSR count). The summed E-state index contributed by atoms with van der Waals surface area (Å²) in [4.78, 5) is 10.3. The molecule has 14 heavy (non-hydrogen) atoms. The molecule has 4 heteroatoms. The maximum absolute atomic E-state index is 13.5. The van der Waals surface area contributed by atoms with E-state index in [9.17, 15) is 13.6 Å². The van der Waals surface area contributed by atoms with Gasteiger partial charge in [-0.2, -0.15) is 0 Å². The molecule has 0 aromatic heterocycles. The van der Waals surface area contributed by atoms with E-state index >= 15 is 0 Å². The maximum atomic E-state index is 13.5. The van der Waals surface area contributed by atoms with Gasteiger partial charge in [0.2, 0.25) is 0 Å². The Balaban J connectivity index is 2.82. The molecule has 0 aromatic carbocycles. The average Bonchev–Trinajstić information content (AvgIpc) is 2.18. The lowest BCUT2D eigenvalue weighted by atomic mass is 10.0. The normalized spacial score (nSPS) is 24.7. The highest BCUT2D eigenvalue weighted by molar-refractivity contribution is 5.68. The molecule has 0 spiro atoms. The van der Waals surface area contributed by atoms with Crippen LogP contribution in [-0.2, 0) is 4.79 Å². The Kier molecular flexibility index (Phi) is 2.18. The van der Waals surface area contributed by atoms with Gasteiger partial charge in [-0.3, -0.25) is 4.79 Å². The molecule has 0 radical (unpaired) electrons. The van der Waals surface area contributed by atoms with Crippen LogP contribution in [0.4, 0.5) is 8.78 Å². The lowest BCUT2D eigenvalue weighted by Gasteiger charge is -2.15. The van der Waals surface area contributed by atoms with Crippen LogP contribution in [0.1, 0.15) is 34.1 Å². The minimum Gasteiger partial charge on any atom is -0.481 e. The van der Waals surface area contributed by atoms with Crippen molar-refractivity contribution in [2.45, 2.75) is 40.0 Å². The smallest absolute Gasteiger partial charge is 0.309 e. The van der Waals surface area contributed by atoms with E-state index in [-0.39, 0.29) is 0 Å². The lowest BCUT2D eigenvalue weighted by molar-refractivity contribution is -0.147. The maximum Gasteiger partial charge on any atom is 0.309 e. The molecule has 1 saturated carbocycles. The van der Waals surface area contributed by atoms with Gasteiger partial charge in [0, 0.05) is 5.92 Å². The van der Waals surface area contributed by atoms with Gasteiger partial charge < -0.3 is 5.11 Å². The molecule has 1 fully saturated rings. The quantitative estimate of drug-likeness (QED) is 0.770. The summed E-state index contributed by atoms with van der Waals surface area (Å²) in [5.74, 6) is -5.37. The van der Waals surface area contributed by atoms with Gasteiger partial charge in [-0.15, -0.1) is 0 Å². The highest BCUT2D eigenvalue weighted by Gasteiger charge is 2.74. The topological polar surface area (TPSA) is 37.3 Å². The first kappa shape index (κ1) is 11.4. The molecule has 0 amide bonds. The van der Waals surface area contributed by atoms with Crippen LogP contribution < -0.4 is 0 Å². The van der Waals surface area contributed by atoms with Crippen molar-refractivity contribution in [3.8, 4) is 0 Å². The zero-order valence-corrected chi connectivity index (χ0v) is 8.90. The second kappa shape index (κ2) is 2.67. The molecule has 1 aliphatic rings. The monoisotopic (exact) mass is 206 g/mol. The Bertz CT molecular complexity index is 255. The summed E-state index contributed by atoms with van der Waals surface area (Å²) in [6.07, 6.45) is -1.06. The number of rotatable bonds is 3. The van der Waals surface area contributed by atoms with E-state index in [1.165, 1.54) is 0 Å². The van der Waals surface area contributed by atoms with Crippen molar-refractivity contribution in [1.82, 2.24) is 0 Å². The summed E-state index contributed by atoms with van der Waals surface area (Å²) in [7, 11) is 0. The van der Waals surface area contributed by atoms with Crippen molar-refractivity contribution in [2.24, 2.45) is 16.7 Å². The molecule has 2 nitrogen and oxygen atoms in total. The van der Waals surface area contributed by atoms with Crippen LogP contribution in [0.3, 0.4) is 0 Å². The number of hydrogen-bond acceptors (Lipinski definition) is 1. The molecule has 82 valence electrons. The van der Waals surface area contributed by atoms with E-state index in [1.54, 1.807) is 27.7 Å². The third-order valence-corrected chi connectivity index (χ3v) is 3.83. The zero-order chi connectivity index (χ0) is 11.4. The molecule has 0 atom stereocenters. The van der Waals surface area contributed by atoms with Crippen LogP contribution in [0.15, 0.2) is 0 Å². The molecular formula is C10H16F2O2. The zero-order valence-electron chi connectivity index (χ0n) is 8.90. The average molecular weight is 206 g/mol. The molecule has 0 saturated heterocycles. The van der Waals surface area contributed by atoms with Crippen molar-refractivity contribution in [3.63, 3.8) is 0 Å². The Morgan fingerprint density at radius 1 is 1.29 bits per heavy atom. The predicted octanol–water partition coefficient (Wildman–Crippen LogP) is 2.78. The molecule has 0 aliphatic heterocycles. The molecule has 1 aliphatic carbocycles. The Morgan fingerprint density at radius 3 is 1.86 bits per heavy atom. The van der Waals surface area contributed by atoms with Crippen LogP contribution in [0.25, 0.3) is 0 Å². The van der Waals surface area contributed by atoms with Gasteiger partial charge >= 0.3 is 5.97 Å². The van der Waals surface area contributed by atoms with Gasteiger partial charge in [-0.25, -0.2) is 8.78 Å². The van der Waals surface area contributed by atoms with Crippen LogP contribution in [-0.4, -0.2) is 17.0 Å². The second-order valence-corrected chi connectivity index (χ2v) is 5.21. The largest absolute Gasteiger partial charge is 0.481 e. The SMILES string of the molecule is CC1(C)C(C(F)(F)CC(=O)O)C1(C)C. The fourth-order valence-corrected chi connectivity index (χ4v) is 2.56. The van der Waals surface area contributed by atoms with E-state index < -0.39 is 35.1 Å². The molecule has 0 heterocycles. The van der Waals surface area contributed by atoms with Crippen LogP contribution in [0.5, 0.6) is 0 Å². The molecule has 0 bridgehead atoms. The van der Waals surface area contributed by atoms with E-state index in [1.807, 2.05) is 0 Å². The molecule has 0 aromatic rings. The third-order valence-electron chi connectivity index (χ3n) is 3.83. The summed E-state index contributed by atoms with van der Waals surface area (Å²) in [5, 5.41) is 8.39. The third kappa shape index (κ3) is 1.41. The molecule has 1 N–H and O–H groups in total. The Morgan fingerprint density at radius 2 is 1.64 bits per heavy atom. The summed E-state index contributed by atoms with van der Waals surface area (Å²) in [6.45, 7) is 7.03. The van der Waals surface area contributed by atoms with Gasteiger partial charge in [0.15, 0.2) is 0 Å². The Hall–Kier alpha value is -0.670. The van der Waals surface area contributed by atoms with E-state index in [0.717, 1.165) is 0 Å². The fourth-order valence-electron chi connectivity index (χ4n) is 2.56. The van der Waals surface area contributed by atoms with Crippen molar-refractivity contribution >= 4 is 5.97 Å². The standard InChI is InChI=1S/C10H16F2O2/c1-8(2)7(9(8,3)4)10(11,12)5-6(13)14/h7H,5H2,1-4H3,(H,13,14). The predicted molar refractivity (Wildman–Crippen MR) is 48.3 cm³/mol. The van der Waals surface area contributed by atoms with Crippen LogP contribution >= 0.6 is 0 Å². The number of halogens is 2. The molecular weight excluding hydrogens is 190 g/mol. The number of carbonyl (C=O) groups is 1. The van der Waals surface area contributed by atoms with Gasteiger partial charge in [0.1, 0.15) is 6.42 Å². The number of carboxylic acids is 1. The summed E-state index contributed by atoms with van der Waals surface area (Å²) >= 11 is 0. The van der Waals surface area contributed by atoms with Gasteiger partial charge in [0.05, 0.1) is 0 Å². The summed E-state index contributed by atoms with van der Waals surface area (Å²) in [5.41, 5.74) is -0.960. The first-order chi connectivity index (χ1) is 6.03. The second-order valence-electron chi connectivity index (χ2n) is 5.21. The van der Waals surface area contributed by atoms with Crippen LogP contribution in [0.2, 0.25) is 0 Å². The van der Waals surface area contributed by atoms with Gasteiger partial charge in [-0.05, 0) is 10.8 Å². The van der Waals surface area contributed by atoms with Crippen molar-refractivity contribution in [1.29, 1.82) is 0 Å². The van der Waals surface area contributed by atoms with E-state index in [2.05, 4.69) is 0 Å². The summed E-state index contributed by atoms with van der Waals surface area (Å²) < 4.78 is 26.9. The number of hydrogen-bond donors (Lipinski definition) is 1. The van der Waals surface area contributed by atoms with E-state index in [0.29, 0.717) is 0 Å². The first-order valence-corrected chi connectivity index (χ1v) is 4.63. The molecule has 0 unspecified atom stereocenters. The highest BCUT2D eigenvalue weighted by Crippen LogP contribution is 2.73. The van der Waals surface area contributed by atoms with Crippen LogP contribution in [0, 0.1) is 16.7 Å². The lowest BCUT2D eigenvalue weighted by Crippen LogP contribution is -2.26. The minimum atomic E-state index is -3.10. The highest BCUT2D eigenvalue weighted by atomic mass is 19.3. The Labute approximate surface area is 82.3 Å². The van der Waals surface area contributed by atoms with Crippen molar-refractivity contribution < 1.29 is 18.7 Å². The summed E-state index contributed by atoms with van der Waals surface area (Å²) in [6, 6.07) is 0. The first-order valence-electron chi connectivity index (χ1n) is 4.63.